The Balaban J connectivity index is 2.14. The van der Waals surface area contributed by atoms with E-state index < -0.39 is 17.7 Å². The molecule has 0 unspecified atom stereocenters. The van der Waals surface area contributed by atoms with Gasteiger partial charge in [-0.25, -0.2) is 4.79 Å². The van der Waals surface area contributed by atoms with Crippen molar-refractivity contribution in [2.24, 2.45) is 0 Å². The molecule has 134 valence electrons. The fourth-order valence-electron chi connectivity index (χ4n) is 3.73. The lowest BCUT2D eigenvalue weighted by atomic mass is 9.78. The van der Waals surface area contributed by atoms with Crippen molar-refractivity contribution in [3.63, 3.8) is 0 Å². The van der Waals surface area contributed by atoms with Crippen molar-refractivity contribution in [1.29, 1.82) is 0 Å². The summed E-state index contributed by atoms with van der Waals surface area (Å²) in [6, 6.07) is 14.4. The summed E-state index contributed by atoms with van der Waals surface area (Å²) in [5.74, 6) is 0. The number of likely N-dealkylation sites (tertiary alicyclic amines) is 1. The van der Waals surface area contributed by atoms with E-state index in [-0.39, 0.29) is 0 Å². The zero-order chi connectivity index (χ0) is 18.7. The molecule has 1 heterocycles. The van der Waals surface area contributed by atoms with Gasteiger partial charge in [0.25, 0.3) is 0 Å². The molecule has 1 amide bonds. The number of hydrogen-bond acceptors (Lipinski definition) is 2. The van der Waals surface area contributed by atoms with Gasteiger partial charge in [-0.15, -0.1) is 0 Å². The van der Waals surface area contributed by atoms with E-state index in [0.717, 1.165) is 17.5 Å². The summed E-state index contributed by atoms with van der Waals surface area (Å²) in [6.45, 7) is 7.94. The Morgan fingerprint density at radius 3 is 1.85 bits per heavy atom. The highest BCUT2D eigenvalue weighted by Gasteiger charge is 2.47. The van der Waals surface area contributed by atoms with Crippen LogP contribution in [0.15, 0.2) is 61.7 Å². The molecule has 1 aliphatic rings. The molecule has 0 aliphatic carbocycles. The molecule has 2 aromatic carbocycles. The minimum Gasteiger partial charge on any atom is -0.465 e. The van der Waals surface area contributed by atoms with E-state index in [9.17, 15) is 15.0 Å². The number of nitrogens with zero attached hydrogens (tertiary/aromatic N) is 1. The first-order valence-electron chi connectivity index (χ1n) is 8.68. The van der Waals surface area contributed by atoms with Crippen LogP contribution in [0.4, 0.5) is 4.79 Å². The van der Waals surface area contributed by atoms with Crippen LogP contribution in [-0.2, 0) is 5.60 Å². The normalized spacial score (nSPS) is 17.1. The molecule has 1 saturated heterocycles. The molecule has 4 nitrogen and oxygen atoms in total. The summed E-state index contributed by atoms with van der Waals surface area (Å²) in [7, 11) is 0. The van der Waals surface area contributed by atoms with Crippen LogP contribution in [0, 0.1) is 0 Å². The van der Waals surface area contributed by atoms with E-state index in [1.54, 1.807) is 12.2 Å². The minimum absolute atomic E-state index is 0.428. The first-order chi connectivity index (χ1) is 12.5. The zero-order valence-electron chi connectivity index (χ0n) is 14.6. The third-order valence-electron chi connectivity index (χ3n) is 5.15. The van der Waals surface area contributed by atoms with Crippen molar-refractivity contribution in [3.05, 3.63) is 83.9 Å². The number of benzene rings is 2. The molecule has 0 radical (unpaired) electrons. The van der Waals surface area contributed by atoms with Gasteiger partial charge in [0, 0.05) is 6.54 Å². The van der Waals surface area contributed by atoms with Crippen LogP contribution < -0.4 is 0 Å². The molecular formula is C22H23NO3. The molecule has 0 aromatic heterocycles. The van der Waals surface area contributed by atoms with Crippen LogP contribution in [0.3, 0.4) is 0 Å². The van der Waals surface area contributed by atoms with Crippen molar-refractivity contribution in [1.82, 2.24) is 4.90 Å². The highest BCUT2D eigenvalue weighted by molar-refractivity contribution is 5.66. The summed E-state index contributed by atoms with van der Waals surface area (Å²) in [5.41, 5.74) is 1.81. The largest absolute Gasteiger partial charge is 0.465 e. The second-order valence-electron chi connectivity index (χ2n) is 6.55. The van der Waals surface area contributed by atoms with Gasteiger partial charge in [0.2, 0.25) is 0 Å². The van der Waals surface area contributed by atoms with Crippen LogP contribution in [-0.4, -0.2) is 33.8 Å². The Labute approximate surface area is 153 Å². The maximum absolute atomic E-state index is 11.8. The standard InChI is InChI=1S/C22H23NO3/c1-3-16-7-11-18(12-8-16)22(26,19-13-9-17(4-2)10-14-19)20-6-5-15-23(20)21(24)25/h3-4,7-14,20,26H,1-2,5-6,15H2,(H,24,25)/t20-/m0/s1. The quantitative estimate of drug-likeness (QED) is 0.843. The van der Waals surface area contributed by atoms with Crippen LogP contribution >= 0.6 is 0 Å². The van der Waals surface area contributed by atoms with Gasteiger partial charge < -0.3 is 15.1 Å². The van der Waals surface area contributed by atoms with E-state index in [0.29, 0.717) is 24.1 Å². The van der Waals surface area contributed by atoms with Crippen molar-refractivity contribution in [2.75, 3.05) is 6.54 Å². The van der Waals surface area contributed by atoms with Gasteiger partial charge in [0.1, 0.15) is 5.60 Å². The van der Waals surface area contributed by atoms with Gasteiger partial charge in [0.15, 0.2) is 0 Å². The van der Waals surface area contributed by atoms with E-state index in [2.05, 4.69) is 13.2 Å². The Kier molecular flexibility index (Phi) is 4.96. The van der Waals surface area contributed by atoms with Gasteiger partial charge in [0.05, 0.1) is 6.04 Å². The summed E-state index contributed by atoms with van der Waals surface area (Å²) >= 11 is 0. The lowest BCUT2D eigenvalue weighted by Crippen LogP contribution is -2.50. The molecule has 2 aromatic rings. The molecule has 1 aliphatic heterocycles. The molecule has 3 rings (SSSR count). The van der Waals surface area contributed by atoms with E-state index >= 15 is 0 Å². The second kappa shape index (κ2) is 7.18. The van der Waals surface area contributed by atoms with Crippen LogP contribution in [0.1, 0.15) is 35.1 Å². The van der Waals surface area contributed by atoms with Crippen molar-refractivity contribution in [3.8, 4) is 0 Å². The molecule has 4 heteroatoms. The average molecular weight is 349 g/mol. The van der Waals surface area contributed by atoms with Crippen LogP contribution in [0.25, 0.3) is 12.2 Å². The Bertz CT molecular complexity index is 757. The predicted molar refractivity (Wildman–Crippen MR) is 104 cm³/mol. The second-order valence-corrected chi connectivity index (χ2v) is 6.55. The number of hydrogen-bond donors (Lipinski definition) is 2. The maximum atomic E-state index is 11.8. The molecule has 0 spiro atoms. The molecule has 0 bridgehead atoms. The maximum Gasteiger partial charge on any atom is 0.407 e. The van der Waals surface area contributed by atoms with Crippen molar-refractivity contribution >= 4 is 18.2 Å². The van der Waals surface area contributed by atoms with Gasteiger partial charge in [-0.05, 0) is 35.1 Å². The third kappa shape index (κ3) is 3.04. The van der Waals surface area contributed by atoms with Crippen molar-refractivity contribution < 1.29 is 15.0 Å². The molecule has 1 fully saturated rings. The molecule has 26 heavy (non-hydrogen) atoms. The Hall–Kier alpha value is -2.85. The summed E-state index contributed by atoms with van der Waals surface area (Å²) in [4.78, 5) is 13.1. The van der Waals surface area contributed by atoms with E-state index in [1.807, 2.05) is 48.5 Å². The lowest BCUT2D eigenvalue weighted by Gasteiger charge is -2.39. The van der Waals surface area contributed by atoms with Crippen LogP contribution in [0.2, 0.25) is 0 Å². The topological polar surface area (TPSA) is 60.8 Å². The number of amides is 1. The fraction of sp³-hybridized carbons (Fsp3) is 0.227. The van der Waals surface area contributed by atoms with E-state index in [1.165, 1.54) is 4.90 Å². The smallest absolute Gasteiger partial charge is 0.407 e. The highest BCUT2D eigenvalue weighted by Crippen LogP contribution is 2.40. The number of carboxylic acid groups (broad SMARTS) is 1. The number of aliphatic hydroxyl groups is 1. The third-order valence-corrected chi connectivity index (χ3v) is 5.15. The van der Waals surface area contributed by atoms with Gasteiger partial charge in [-0.2, -0.15) is 0 Å². The van der Waals surface area contributed by atoms with Crippen LogP contribution in [0.5, 0.6) is 0 Å². The zero-order valence-corrected chi connectivity index (χ0v) is 14.6. The molecule has 1 atom stereocenters. The summed E-state index contributed by atoms with van der Waals surface area (Å²) in [5, 5.41) is 21.4. The minimum atomic E-state index is -1.42. The first kappa shape index (κ1) is 18.0. The number of carbonyl (C=O) groups is 1. The average Bonchev–Trinajstić information content (AvgIpc) is 3.18. The fourth-order valence-corrected chi connectivity index (χ4v) is 3.73. The van der Waals surface area contributed by atoms with Gasteiger partial charge in [-0.3, -0.25) is 0 Å². The first-order valence-corrected chi connectivity index (χ1v) is 8.68. The lowest BCUT2D eigenvalue weighted by molar-refractivity contribution is 0.000678. The summed E-state index contributed by atoms with van der Waals surface area (Å²) < 4.78 is 0. The Morgan fingerprint density at radius 1 is 1.00 bits per heavy atom. The van der Waals surface area contributed by atoms with Gasteiger partial charge in [-0.1, -0.05) is 73.8 Å². The monoisotopic (exact) mass is 349 g/mol. The Morgan fingerprint density at radius 2 is 1.46 bits per heavy atom. The molecular weight excluding hydrogens is 326 g/mol. The number of rotatable bonds is 5. The predicted octanol–water partition coefficient (Wildman–Crippen LogP) is 4.35. The highest BCUT2D eigenvalue weighted by atomic mass is 16.4. The van der Waals surface area contributed by atoms with Crippen molar-refractivity contribution in [2.45, 2.75) is 24.5 Å². The van der Waals surface area contributed by atoms with Gasteiger partial charge >= 0.3 is 6.09 Å². The van der Waals surface area contributed by atoms with E-state index in [4.69, 9.17) is 0 Å². The SMILES string of the molecule is C=Cc1ccc(C(O)(c2ccc(C=C)cc2)[C@@H]2CCCN2C(=O)O)cc1. The molecule has 2 N–H and O–H groups in total. The summed E-state index contributed by atoms with van der Waals surface area (Å²) in [6.07, 6.45) is 3.81. The molecule has 0 saturated carbocycles.